The van der Waals surface area contributed by atoms with Gasteiger partial charge in [-0.15, -0.1) is 0 Å². The van der Waals surface area contributed by atoms with Crippen LogP contribution >= 0.6 is 0 Å². The summed E-state index contributed by atoms with van der Waals surface area (Å²) >= 11 is 0. The topological polar surface area (TPSA) is 50.4 Å². The first kappa shape index (κ1) is 15.3. The molecule has 2 aliphatic rings. The van der Waals surface area contributed by atoms with Gasteiger partial charge in [0.05, 0.1) is 13.0 Å². The zero-order chi connectivity index (χ0) is 15.5. The molecule has 2 heterocycles. The minimum Gasteiger partial charge on any atom is -0.493 e. The molecule has 3 rings (SSSR count). The summed E-state index contributed by atoms with van der Waals surface area (Å²) in [5, 5.41) is 6.76. The lowest BCUT2D eigenvalue weighted by Gasteiger charge is -2.29. The van der Waals surface area contributed by atoms with E-state index in [4.69, 9.17) is 4.74 Å². The van der Waals surface area contributed by atoms with Gasteiger partial charge in [-0.25, -0.2) is 0 Å². The Morgan fingerprint density at radius 1 is 1.18 bits per heavy atom. The highest BCUT2D eigenvalue weighted by molar-refractivity contribution is 5.76. The van der Waals surface area contributed by atoms with E-state index < -0.39 is 0 Å². The molecule has 2 unspecified atom stereocenters. The van der Waals surface area contributed by atoms with Gasteiger partial charge >= 0.3 is 0 Å². The normalized spacial score (nSPS) is 26.7. The van der Waals surface area contributed by atoms with Crippen molar-refractivity contribution in [2.75, 3.05) is 6.61 Å². The maximum atomic E-state index is 12.1. The number of ether oxygens (including phenoxy) is 1. The Balaban J connectivity index is 1.41. The van der Waals surface area contributed by atoms with Crippen LogP contribution in [0.3, 0.4) is 0 Å². The molecule has 2 fully saturated rings. The van der Waals surface area contributed by atoms with Crippen molar-refractivity contribution >= 4 is 5.91 Å². The van der Waals surface area contributed by atoms with Gasteiger partial charge in [0, 0.05) is 18.1 Å². The van der Waals surface area contributed by atoms with Gasteiger partial charge in [0.2, 0.25) is 5.91 Å². The molecule has 2 atom stereocenters. The second-order valence-electron chi connectivity index (χ2n) is 6.80. The Morgan fingerprint density at radius 3 is 2.45 bits per heavy atom. The van der Waals surface area contributed by atoms with Gasteiger partial charge in [-0.1, -0.05) is 6.07 Å². The largest absolute Gasteiger partial charge is 0.493 e. The number of rotatable bonds is 5. The van der Waals surface area contributed by atoms with Crippen LogP contribution in [0, 0.1) is 13.8 Å². The second kappa shape index (κ2) is 6.69. The molecule has 22 heavy (non-hydrogen) atoms. The average molecular weight is 302 g/mol. The Kier molecular flexibility index (Phi) is 4.67. The van der Waals surface area contributed by atoms with Gasteiger partial charge in [0.25, 0.3) is 0 Å². The average Bonchev–Trinajstić information content (AvgIpc) is 2.77. The van der Waals surface area contributed by atoms with Gasteiger partial charge in [-0.2, -0.15) is 0 Å². The lowest BCUT2D eigenvalue weighted by atomic mass is 10.00. The number of nitrogens with one attached hydrogen (secondary N) is 2. The Morgan fingerprint density at radius 2 is 1.82 bits per heavy atom. The van der Waals surface area contributed by atoms with Crippen LogP contribution in [-0.4, -0.2) is 30.6 Å². The van der Waals surface area contributed by atoms with Crippen molar-refractivity contribution in [2.45, 2.75) is 64.1 Å². The molecule has 2 N–H and O–H groups in total. The predicted octanol–water partition coefficient (Wildman–Crippen LogP) is 2.47. The number of fused-ring (bicyclic) bond motifs is 2. The highest BCUT2D eigenvalue weighted by Gasteiger charge is 2.33. The fourth-order valence-corrected chi connectivity index (χ4v) is 3.75. The standard InChI is InChI=1S/C18H26N2O2/c1-12-7-13(2)9-17(8-12)22-6-5-18(21)20-16-10-14-3-4-15(11-16)19-14/h7-9,14-16,19H,3-6,10-11H2,1-2H3,(H,20,21). The SMILES string of the molecule is Cc1cc(C)cc(OCCC(=O)NC2CC3CCC(C2)N3)c1. The van der Waals surface area contributed by atoms with Crippen LogP contribution in [0.4, 0.5) is 0 Å². The summed E-state index contributed by atoms with van der Waals surface area (Å²) in [6, 6.07) is 7.69. The number of hydrogen-bond donors (Lipinski definition) is 2. The number of piperidine rings is 1. The molecule has 1 amide bonds. The molecule has 2 aliphatic heterocycles. The van der Waals surface area contributed by atoms with Crippen molar-refractivity contribution in [1.82, 2.24) is 10.6 Å². The van der Waals surface area contributed by atoms with Crippen molar-refractivity contribution in [3.8, 4) is 5.75 Å². The first-order chi connectivity index (χ1) is 10.6. The Labute approximate surface area is 132 Å². The van der Waals surface area contributed by atoms with Crippen molar-refractivity contribution < 1.29 is 9.53 Å². The molecule has 0 saturated carbocycles. The van der Waals surface area contributed by atoms with Crippen LogP contribution in [-0.2, 0) is 4.79 Å². The molecule has 120 valence electrons. The van der Waals surface area contributed by atoms with E-state index in [1.165, 1.54) is 24.0 Å². The van der Waals surface area contributed by atoms with E-state index in [-0.39, 0.29) is 5.91 Å². The van der Waals surface area contributed by atoms with Gasteiger partial charge in [0.15, 0.2) is 0 Å². The quantitative estimate of drug-likeness (QED) is 0.878. The minimum atomic E-state index is 0.107. The van der Waals surface area contributed by atoms with Crippen molar-refractivity contribution in [3.05, 3.63) is 29.3 Å². The summed E-state index contributed by atoms with van der Waals surface area (Å²) in [6.07, 6.45) is 5.08. The first-order valence-corrected chi connectivity index (χ1v) is 8.35. The zero-order valence-electron chi connectivity index (χ0n) is 13.5. The fourth-order valence-electron chi connectivity index (χ4n) is 3.75. The highest BCUT2D eigenvalue weighted by atomic mass is 16.5. The molecule has 1 aromatic carbocycles. The fraction of sp³-hybridized carbons (Fsp3) is 0.611. The van der Waals surface area contributed by atoms with E-state index in [1.54, 1.807) is 0 Å². The third-order valence-corrected chi connectivity index (χ3v) is 4.63. The molecule has 4 heteroatoms. The monoisotopic (exact) mass is 302 g/mol. The molecule has 4 nitrogen and oxygen atoms in total. The van der Waals surface area contributed by atoms with Crippen molar-refractivity contribution in [3.63, 3.8) is 0 Å². The van der Waals surface area contributed by atoms with Crippen molar-refractivity contribution in [1.29, 1.82) is 0 Å². The number of carbonyl (C=O) groups excluding carboxylic acids is 1. The lowest BCUT2D eigenvalue weighted by molar-refractivity contribution is -0.122. The molecule has 0 aromatic heterocycles. The van der Waals surface area contributed by atoms with Gasteiger partial charge in [0.1, 0.15) is 5.75 Å². The summed E-state index contributed by atoms with van der Waals surface area (Å²) in [4.78, 5) is 12.1. The third-order valence-electron chi connectivity index (χ3n) is 4.63. The number of amides is 1. The van der Waals surface area contributed by atoms with E-state index in [9.17, 15) is 4.79 Å². The summed E-state index contributed by atoms with van der Waals surface area (Å²) in [5.41, 5.74) is 2.37. The summed E-state index contributed by atoms with van der Waals surface area (Å²) in [7, 11) is 0. The molecule has 2 bridgehead atoms. The zero-order valence-corrected chi connectivity index (χ0v) is 13.5. The Bertz CT molecular complexity index is 512. The number of aryl methyl sites for hydroxylation is 2. The van der Waals surface area contributed by atoms with Crippen LogP contribution in [0.15, 0.2) is 18.2 Å². The molecule has 0 aliphatic carbocycles. The van der Waals surface area contributed by atoms with Crippen LogP contribution in [0.25, 0.3) is 0 Å². The van der Waals surface area contributed by atoms with Crippen LogP contribution in [0.1, 0.15) is 43.2 Å². The first-order valence-electron chi connectivity index (χ1n) is 8.35. The maximum Gasteiger partial charge on any atom is 0.223 e. The summed E-state index contributed by atoms with van der Waals surface area (Å²) in [6.45, 7) is 4.54. The molecule has 1 aromatic rings. The molecular formula is C18H26N2O2. The molecule has 2 saturated heterocycles. The van der Waals surface area contributed by atoms with Crippen LogP contribution < -0.4 is 15.4 Å². The van der Waals surface area contributed by atoms with E-state index in [2.05, 4.69) is 30.5 Å². The van der Waals surface area contributed by atoms with E-state index in [0.29, 0.717) is 31.2 Å². The van der Waals surface area contributed by atoms with Crippen LogP contribution in [0.5, 0.6) is 5.75 Å². The minimum absolute atomic E-state index is 0.107. The van der Waals surface area contributed by atoms with Gasteiger partial charge < -0.3 is 15.4 Å². The van der Waals surface area contributed by atoms with E-state index >= 15 is 0 Å². The van der Waals surface area contributed by atoms with Crippen molar-refractivity contribution in [2.24, 2.45) is 0 Å². The highest BCUT2D eigenvalue weighted by Crippen LogP contribution is 2.26. The smallest absolute Gasteiger partial charge is 0.223 e. The molecule has 0 radical (unpaired) electrons. The maximum absolute atomic E-state index is 12.1. The number of hydrogen-bond acceptors (Lipinski definition) is 3. The predicted molar refractivity (Wildman–Crippen MR) is 87.1 cm³/mol. The lowest BCUT2D eigenvalue weighted by Crippen LogP contribution is -2.48. The second-order valence-corrected chi connectivity index (χ2v) is 6.80. The van der Waals surface area contributed by atoms with E-state index in [0.717, 1.165) is 18.6 Å². The van der Waals surface area contributed by atoms with Gasteiger partial charge in [-0.3, -0.25) is 4.79 Å². The molecular weight excluding hydrogens is 276 g/mol. The molecule has 0 spiro atoms. The Hall–Kier alpha value is -1.55. The number of carbonyl (C=O) groups is 1. The number of benzene rings is 1. The third kappa shape index (κ3) is 4.01. The summed E-state index contributed by atoms with van der Waals surface area (Å²) in [5.74, 6) is 0.959. The van der Waals surface area contributed by atoms with Crippen LogP contribution in [0.2, 0.25) is 0 Å². The van der Waals surface area contributed by atoms with Gasteiger partial charge in [-0.05, 0) is 62.8 Å². The van der Waals surface area contributed by atoms with E-state index in [1.807, 2.05) is 12.1 Å². The summed E-state index contributed by atoms with van der Waals surface area (Å²) < 4.78 is 5.71.